The van der Waals surface area contributed by atoms with Gasteiger partial charge in [-0.25, -0.2) is 4.79 Å². The van der Waals surface area contributed by atoms with Gasteiger partial charge in [0, 0.05) is 23.6 Å². The van der Waals surface area contributed by atoms with Gasteiger partial charge in [0.25, 0.3) is 0 Å². The Morgan fingerprint density at radius 3 is 2.62 bits per heavy atom. The number of thioether (sulfide) groups is 1. The number of nitrogens with zero attached hydrogens (tertiary/aromatic N) is 1. The Morgan fingerprint density at radius 1 is 1.29 bits per heavy atom. The summed E-state index contributed by atoms with van der Waals surface area (Å²) in [5.74, 6) is -1.28. The SMILES string of the molecule is CCOC(=O)c1ccc(NC(SCC(=O)O)c2cccnc2)cc1. The minimum absolute atomic E-state index is 0.0343. The molecule has 1 heterocycles. The molecule has 0 amide bonds. The van der Waals surface area contributed by atoms with Crippen LogP contribution in [-0.4, -0.2) is 34.4 Å². The number of carboxylic acid groups (broad SMARTS) is 1. The quantitative estimate of drug-likeness (QED) is 0.560. The number of benzene rings is 1. The van der Waals surface area contributed by atoms with Crippen LogP contribution in [0.5, 0.6) is 0 Å². The number of carboxylic acids is 1. The van der Waals surface area contributed by atoms with E-state index in [-0.39, 0.29) is 17.1 Å². The predicted molar refractivity (Wildman–Crippen MR) is 93.1 cm³/mol. The number of carbonyl (C=O) groups excluding carboxylic acids is 1. The third kappa shape index (κ3) is 5.27. The van der Waals surface area contributed by atoms with Crippen LogP contribution in [0, 0.1) is 0 Å². The molecule has 0 fully saturated rings. The number of rotatable bonds is 8. The number of aromatic nitrogens is 1. The number of nitrogens with one attached hydrogen (secondary N) is 1. The van der Waals surface area contributed by atoms with Crippen LogP contribution in [-0.2, 0) is 9.53 Å². The first-order chi connectivity index (χ1) is 11.6. The van der Waals surface area contributed by atoms with Crippen molar-refractivity contribution in [1.29, 1.82) is 0 Å². The Bertz CT molecular complexity index is 677. The lowest BCUT2D eigenvalue weighted by atomic mass is 10.2. The molecule has 2 N–H and O–H groups in total. The van der Waals surface area contributed by atoms with E-state index in [4.69, 9.17) is 9.84 Å². The molecule has 1 aromatic carbocycles. The average molecular weight is 346 g/mol. The van der Waals surface area contributed by atoms with Crippen LogP contribution >= 0.6 is 11.8 Å². The van der Waals surface area contributed by atoms with E-state index in [2.05, 4.69) is 10.3 Å². The number of aliphatic carboxylic acids is 1. The molecule has 0 saturated heterocycles. The summed E-state index contributed by atoms with van der Waals surface area (Å²) in [6.45, 7) is 2.08. The van der Waals surface area contributed by atoms with Crippen molar-refractivity contribution in [3.8, 4) is 0 Å². The highest BCUT2D eigenvalue weighted by molar-refractivity contribution is 8.00. The third-order valence-corrected chi connectivity index (χ3v) is 4.19. The topological polar surface area (TPSA) is 88.5 Å². The summed E-state index contributed by atoms with van der Waals surface area (Å²) in [5.41, 5.74) is 2.12. The fraction of sp³-hybridized carbons (Fsp3) is 0.235. The molecule has 6 nitrogen and oxygen atoms in total. The zero-order chi connectivity index (χ0) is 17.4. The maximum Gasteiger partial charge on any atom is 0.338 e. The molecule has 0 bridgehead atoms. The average Bonchev–Trinajstić information content (AvgIpc) is 2.60. The number of hydrogen-bond donors (Lipinski definition) is 2. The summed E-state index contributed by atoms with van der Waals surface area (Å²) < 4.78 is 4.95. The number of anilines is 1. The fourth-order valence-corrected chi connectivity index (χ4v) is 2.84. The molecule has 7 heteroatoms. The molecule has 0 aliphatic heterocycles. The molecule has 1 unspecified atom stereocenters. The van der Waals surface area contributed by atoms with Gasteiger partial charge < -0.3 is 15.2 Å². The van der Waals surface area contributed by atoms with E-state index in [1.54, 1.807) is 49.6 Å². The highest BCUT2D eigenvalue weighted by Gasteiger charge is 2.14. The van der Waals surface area contributed by atoms with E-state index < -0.39 is 5.97 Å². The van der Waals surface area contributed by atoms with Crippen molar-refractivity contribution in [2.24, 2.45) is 0 Å². The molecule has 0 aliphatic rings. The third-order valence-electron chi connectivity index (χ3n) is 3.05. The molecular weight excluding hydrogens is 328 g/mol. The molecule has 24 heavy (non-hydrogen) atoms. The molecule has 0 radical (unpaired) electrons. The number of pyridine rings is 1. The molecule has 1 atom stereocenters. The second kappa shape index (κ2) is 8.93. The first kappa shape index (κ1) is 17.8. The van der Waals surface area contributed by atoms with Crippen LogP contribution in [0.3, 0.4) is 0 Å². The molecule has 126 valence electrons. The van der Waals surface area contributed by atoms with Gasteiger partial charge in [-0.1, -0.05) is 6.07 Å². The standard InChI is InChI=1S/C17H18N2O4S/c1-2-23-17(22)12-5-7-14(8-6-12)19-16(24-11-15(20)21)13-4-3-9-18-10-13/h3-10,16,19H,2,11H2,1H3,(H,20,21). The highest BCUT2D eigenvalue weighted by Crippen LogP contribution is 2.29. The molecule has 1 aromatic heterocycles. The van der Waals surface area contributed by atoms with Crippen molar-refractivity contribution >= 4 is 29.4 Å². The van der Waals surface area contributed by atoms with E-state index in [0.717, 1.165) is 11.3 Å². The second-order valence-corrected chi connectivity index (χ2v) is 5.91. The van der Waals surface area contributed by atoms with Gasteiger partial charge in [0.1, 0.15) is 0 Å². The van der Waals surface area contributed by atoms with Gasteiger partial charge in [-0.3, -0.25) is 9.78 Å². The number of ether oxygens (including phenoxy) is 1. The molecule has 2 aromatic rings. The second-order valence-electron chi connectivity index (χ2n) is 4.81. The zero-order valence-corrected chi connectivity index (χ0v) is 14.0. The van der Waals surface area contributed by atoms with E-state index in [9.17, 15) is 9.59 Å². The van der Waals surface area contributed by atoms with E-state index in [1.165, 1.54) is 11.8 Å². The lowest BCUT2D eigenvalue weighted by Gasteiger charge is -2.19. The molecule has 0 aliphatic carbocycles. The lowest BCUT2D eigenvalue weighted by Crippen LogP contribution is -2.11. The Kier molecular flexibility index (Phi) is 6.62. The Labute approximate surface area is 144 Å². The lowest BCUT2D eigenvalue weighted by molar-refractivity contribution is -0.133. The van der Waals surface area contributed by atoms with Crippen molar-refractivity contribution in [2.45, 2.75) is 12.3 Å². The van der Waals surface area contributed by atoms with E-state index in [1.807, 2.05) is 6.07 Å². The molecule has 0 saturated carbocycles. The van der Waals surface area contributed by atoms with Crippen molar-refractivity contribution in [2.75, 3.05) is 17.7 Å². The van der Waals surface area contributed by atoms with Crippen LogP contribution in [0.4, 0.5) is 5.69 Å². The molecule has 2 rings (SSSR count). The van der Waals surface area contributed by atoms with Gasteiger partial charge in [0.05, 0.1) is 23.3 Å². The molecular formula is C17H18N2O4S. The Hall–Kier alpha value is -2.54. The van der Waals surface area contributed by atoms with Crippen LogP contribution in [0.15, 0.2) is 48.8 Å². The van der Waals surface area contributed by atoms with Gasteiger partial charge in [-0.05, 0) is 37.3 Å². The first-order valence-electron chi connectivity index (χ1n) is 7.37. The minimum atomic E-state index is -0.881. The van der Waals surface area contributed by atoms with Crippen LogP contribution < -0.4 is 5.32 Å². The predicted octanol–water partition coefficient (Wildman–Crippen LogP) is 3.19. The van der Waals surface area contributed by atoms with Crippen molar-refractivity contribution in [3.63, 3.8) is 0 Å². The fourth-order valence-electron chi connectivity index (χ4n) is 1.98. The Morgan fingerprint density at radius 2 is 2.04 bits per heavy atom. The first-order valence-corrected chi connectivity index (χ1v) is 8.42. The number of carbonyl (C=O) groups is 2. The maximum absolute atomic E-state index is 11.7. The summed E-state index contributed by atoms with van der Waals surface area (Å²) in [5, 5.41) is 11.9. The van der Waals surface area contributed by atoms with E-state index >= 15 is 0 Å². The largest absolute Gasteiger partial charge is 0.481 e. The van der Waals surface area contributed by atoms with Gasteiger partial charge in [-0.2, -0.15) is 0 Å². The minimum Gasteiger partial charge on any atom is -0.481 e. The summed E-state index contributed by atoms with van der Waals surface area (Å²) in [6, 6.07) is 10.5. The van der Waals surface area contributed by atoms with Gasteiger partial charge in [0.2, 0.25) is 0 Å². The summed E-state index contributed by atoms with van der Waals surface area (Å²) >= 11 is 1.25. The maximum atomic E-state index is 11.7. The van der Waals surface area contributed by atoms with E-state index in [0.29, 0.717) is 12.2 Å². The van der Waals surface area contributed by atoms with Gasteiger partial charge in [-0.15, -0.1) is 11.8 Å². The van der Waals surface area contributed by atoms with Gasteiger partial charge in [0.15, 0.2) is 0 Å². The molecule has 0 spiro atoms. The van der Waals surface area contributed by atoms with Crippen LogP contribution in [0.25, 0.3) is 0 Å². The summed E-state index contributed by atoms with van der Waals surface area (Å²) in [6.07, 6.45) is 3.36. The normalized spacial score (nSPS) is 11.5. The van der Waals surface area contributed by atoms with Crippen LogP contribution in [0.1, 0.15) is 28.2 Å². The number of esters is 1. The van der Waals surface area contributed by atoms with Crippen molar-refractivity contribution in [3.05, 3.63) is 59.9 Å². The van der Waals surface area contributed by atoms with Crippen molar-refractivity contribution < 1.29 is 19.4 Å². The number of hydrogen-bond acceptors (Lipinski definition) is 6. The monoisotopic (exact) mass is 346 g/mol. The zero-order valence-electron chi connectivity index (χ0n) is 13.1. The highest BCUT2D eigenvalue weighted by atomic mass is 32.2. The Balaban J connectivity index is 2.11. The van der Waals surface area contributed by atoms with Gasteiger partial charge >= 0.3 is 11.9 Å². The summed E-state index contributed by atoms with van der Waals surface area (Å²) in [7, 11) is 0. The smallest absolute Gasteiger partial charge is 0.338 e. The van der Waals surface area contributed by atoms with Crippen molar-refractivity contribution in [1.82, 2.24) is 4.98 Å². The summed E-state index contributed by atoms with van der Waals surface area (Å²) in [4.78, 5) is 26.6. The van der Waals surface area contributed by atoms with Crippen LogP contribution in [0.2, 0.25) is 0 Å².